The second kappa shape index (κ2) is 5.58. The highest BCUT2D eigenvalue weighted by molar-refractivity contribution is 7.81. The van der Waals surface area contributed by atoms with E-state index in [1.807, 2.05) is 30.3 Å². The molecule has 3 rings (SSSR count). The van der Waals surface area contributed by atoms with Crippen molar-refractivity contribution in [1.29, 1.82) is 0 Å². The predicted octanol–water partition coefficient (Wildman–Crippen LogP) is 4.74. The van der Waals surface area contributed by atoms with Crippen molar-refractivity contribution >= 4 is 28.6 Å². The van der Waals surface area contributed by atoms with Crippen molar-refractivity contribution in [1.82, 2.24) is 0 Å². The standard InChI is InChI=1S/C19H20N2S/c1-19(2)15-11-7-8-12-16(15)21(3)17(19)13-18(22)20-14-9-5-4-6-10-14/h4-13H,1-3H3,(H,20,22)/b17-13+. The first-order valence-electron chi connectivity index (χ1n) is 7.41. The van der Waals surface area contributed by atoms with Gasteiger partial charge in [0.15, 0.2) is 0 Å². The van der Waals surface area contributed by atoms with Gasteiger partial charge in [0.05, 0.1) is 0 Å². The minimum Gasteiger partial charge on any atom is -0.347 e. The predicted molar refractivity (Wildman–Crippen MR) is 98.6 cm³/mol. The van der Waals surface area contributed by atoms with Crippen LogP contribution in [0.5, 0.6) is 0 Å². The van der Waals surface area contributed by atoms with E-state index in [1.165, 1.54) is 16.9 Å². The monoisotopic (exact) mass is 308 g/mol. The van der Waals surface area contributed by atoms with E-state index in [9.17, 15) is 0 Å². The van der Waals surface area contributed by atoms with Crippen LogP contribution in [0.2, 0.25) is 0 Å². The molecule has 1 N–H and O–H groups in total. The number of nitrogens with zero attached hydrogens (tertiary/aromatic N) is 1. The van der Waals surface area contributed by atoms with Gasteiger partial charge in [-0.3, -0.25) is 0 Å². The smallest absolute Gasteiger partial charge is 0.105 e. The number of hydrogen-bond acceptors (Lipinski definition) is 2. The van der Waals surface area contributed by atoms with Crippen molar-refractivity contribution < 1.29 is 0 Å². The van der Waals surface area contributed by atoms with Crippen LogP contribution in [0.3, 0.4) is 0 Å². The average Bonchev–Trinajstić information content (AvgIpc) is 2.70. The second-order valence-electron chi connectivity index (χ2n) is 6.09. The minimum atomic E-state index is -0.0478. The summed E-state index contributed by atoms with van der Waals surface area (Å²) in [4.78, 5) is 2.96. The fourth-order valence-electron chi connectivity index (χ4n) is 3.08. The van der Waals surface area contributed by atoms with Crippen LogP contribution < -0.4 is 10.2 Å². The van der Waals surface area contributed by atoms with Crippen molar-refractivity contribution in [2.24, 2.45) is 0 Å². The van der Waals surface area contributed by atoms with E-state index in [0.717, 1.165) is 10.7 Å². The number of fused-ring (bicyclic) bond motifs is 1. The van der Waals surface area contributed by atoms with Gasteiger partial charge in [-0.05, 0) is 29.8 Å². The molecule has 2 aromatic rings. The number of rotatable bonds is 2. The fourth-order valence-corrected chi connectivity index (χ4v) is 3.31. The Morgan fingerprint density at radius 2 is 1.68 bits per heavy atom. The third kappa shape index (κ3) is 2.53. The van der Waals surface area contributed by atoms with E-state index in [4.69, 9.17) is 12.2 Å². The first-order valence-corrected chi connectivity index (χ1v) is 7.82. The first kappa shape index (κ1) is 14.8. The molecule has 0 fully saturated rings. The number of para-hydroxylation sites is 2. The molecule has 3 heteroatoms. The molecule has 2 nitrogen and oxygen atoms in total. The molecule has 0 aromatic heterocycles. The third-order valence-electron chi connectivity index (χ3n) is 4.25. The largest absolute Gasteiger partial charge is 0.347 e. The van der Waals surface area contributed by atoms with Gasteiger partial charge < -0.3 is 10.2 Å². The van der Waals surface area contributed by atoms with Crippen molar-refractivity contribution in [2.75, 3.05) is 17.3 Å². The molecular formula is C19H20N2S. The lowest BCUT2D eigenvalue weighted by molar-refractivity contribution is 0.641. The maximum Gasteiger partial charge on any atom is 0.105 e. The van der Waals surface area contributed by atoms with Crippen LogP contribution in [-0.4, -0.2) is 12.0 Å². The molecule has 112 valence electrons. The van der Waals surface area contributed by atoms with E-state index < -0.39 is 0 Å². The van der Waals surface area contributed by atoms with Crippen LogP contribution >= 0.6 is 12.2 Å². The van der Waals surface area contributed by atoms with E-state index in [2.05, 4.69) is 61.5 Å². The number of benzene rings is 2. The zero-order valence-electron chi connectivity index (χ0n) is 13.1. The molecule has 2 aromatic carbocycles. The molecule has 0 bridgehead atoms. The summed E-state index contributed by atoms with van der Waals surface area (Å²) < 4.78 is 0. The van der Waals surface area contributed by atoms with Gasteiger partial charge in [-0.2, -0.15) is 0 Å². The van der Waals surface area contributed by atoms with Gasteiger partial charge in [0.2, 0.25) is 0 Å². The maximum absolute atomic E-state index is 5.52. The Hall–Kier alpha value is -2.13. The van der Waals surface area contributed by atoms with E-state index in [0.29, 0.717) is 0 Å². The Morgan fingerprint density at radius 3 is 2.36 bits per heavy atom. The molecular weight excluding hydrogens is 288 g/mol. The van der Waals surface area contributed by atoms with E-state index in [-0.39, 0.29) is 5.41 Å². The molecule has 0 saturated heterocycles. The SMILES string of the molecule is CN1/C(=C/C(=S)Nc2ccccc2)C(C)(C)c2ccccc21. The highest BCUT2D eigenvalue weighted by atomic mass is 32.1. The van der Waals surface area contributed by atoms with Gasteiger partial charge in [0.25, 0.3) is 0 Å². The normalized spacial score (nSPS) is 17.4. The molecule has 1 heterocycles. The zero-order chi connectivity index (χ0) is 15.7. The van der Waals surface area contributed by atoms with Crippen LogP contribution in [-0.2, 0) is 5.41 Å². The highest BCUT2D eigenvalue weighted by Crippen LogP contribution is 2.46. The molecule has 0 radical (unpaired) electrons. The number of anilines is 2. The summed E-state index contributed by atoms with van der Waals surface area (Å²) in [5, 5.41) is 3.28. The molecule has 0 amide bonds. The van der Waals surface area contributed by atoms with Crippen molar-refractivity contribution in [3.63, 3.8) is 0 Å². The Labute approximate surface area is 137 Å². The second-order valence-corrected chi connectivity index (χ2v) is 6.53. The number of hydrogen-bond donors (Lipinski definition) is 1. The average molecular weight is 308 g/mol. The van der Waals surface area contributed by atoms with Crippen molar-refractivity contribution in [2.45, 2.75) is 19.3 Å². The number of thiocarbonyl (C=S) groups is 1. The lowest BCUT2D eigenvalue weighted by atomic mass is 9.84. The van der Waals surface area contributed by atoms with Crippen molar-refractivity contribution in [3.8, 4) is 0 Å². The quantitative estimate of drug-likeness (QED) is 0.637. The molecule has 0 saturated carbocycles. The molecule has 22 heavy (non-hydrogen) atoms. The van der Waals surface area contributed by atoms with Gasteiger partial charge in [0, 0.05) is 29.5 Å². The van der Waals surface area contributed by atoms with Gasteiger partial charge in [-0.25, -0.2) is 0 Å². The molecule has 1 aliphatic heterocycles. The van der Waals surface area contributed by atoms with Gasteiger partial charge in [0.1, 0.15) is 4.99 Å². The summed E-state index contributed by atoms with van der Waals surface area (Å²) in [6, 6.07) is 18.6. The van der Waals surface area contributed by atoms with Gasteiger partial charge in [-0.1, -0.05) is 62.5 Å². The molecule has 0 atom stereocenters. The number of allylic oxidation sites excluding steroid dienone is 1. The molecule has 1 aliphatic rings. The maximum atomic E-state index is 5.52. The number of likely N-dealkylation sites (N-methyl/N-ethyl adjacent to an activating group) is 1. The zero-order valence-corrected chi connectivity index (χ0v) is 13.9. The Balaban J connectivity index is 1.90. The van der Waals surface area contributed by atoms with Crippen LogP contribution in [0.1, 0.15) is 19.4 Å². The lowest BCUT2D eigenvalue weighted by Crippen LogP contribution is -2.24. The summed E-state index contributed by atoms with van der Waals surface area (Å²) in [6.07, 6.45) is 2.07. The Kier molecular flexibility index (Phi) is 3.75. The summed E-state index contributed by atoms with van der Waals surface area (Å²) in [5.74, 6) is 0. The van der Waals surface area contributed by atoms with Gasteiger partial charge in [-0.15, -0.1) is 0 Å². The highest BCUT2D eigenvalue weighted by Gasteiger charge is 2.38. The molecule has 0 spiro atoms. The molecule has 0 aliphatic carbocycles. The first-order chi connectivity index (χ1) is 10.5. The summed E-state index contributed by atoms with van der Waals surface area (Å²) in [5.41, 5.74) is 4.77. The van der Waals surface area contributed by atoms with E-state index >= 15 is 0 Å². The Bertz CT molecular complexity index is 732. The fraction of sp³-hybridized carbons (Fsp3) is 0.211. The van der Waals surface area contributed by atoms with E-state index in [1.54, 1.807) is 0 Å². The van der Waals surface area contributed by atoms with Gasteiger partial charge >= 0.3 is 0 Å². The molecule has 0 unspecified atom stereocenters. The lowest BCUT2D eigenvalue weighted by Gasteiger charge is -2.24. The Morgan fingerprint density at radius 1 is 1.05 bits per heavy atom. The minimum absolute atomic E-state index is 0.0478. The third-order valence-corrected chi connectivity index (χ3v) is 4.47. The van der Waals surface area contributed by atoms with Crippen LogP contribution in [0.25, 0.3) is 0 Å². The summed E-state index contributed by atoms with van der Waals surface area (Å²) in [7, 11) is 2.10. The van der Waals surface area contributed by atoms with Crippen LogP contribution in [0.15, 0.2) is 66.4 Å². The number of nitrogens with one attached hydrogen (secondary N) is 1. The van der Waals surface area contributed by atoms with Crippen LogP contribution in [0.4, 0.5) is 11.4 Å². The topological polar surface area (TPSA) is 15.3 Å². The summed E-state index contributed by atoms with van der Waals surface area (Å²) in [6.45, 7) is 4.48. The summed E-state index contributed by atoms with van der Waals surface area (Å²) >= 11 is 5.52. The van der Waals surface area contributed by atoms with Crippen molar-refractivity contribution in [3.05, 3.63) is 71.9 Å². The van der Waals surface area contributed by atoms with Crippen LogP contribution in [0, 0.1) is 0 Å².